The van der Waals surface area contributed by atoms with E-state index in [1.165, 1.54) is 4.90 Å². The van der Waals surface area contributed by atoms with Crippen molar-refractivity contribution in [3.05, 3.63) is 0 Å². The van der Waals surface area contributed by atoms with E-state index in [1.807, 2.05) is 0 Å². The molecule has 0 aliphatic carbocycles. The molecule has 5 heteroatoms. The molecule has 1 aliphatic rings. The van der Waals surface area contributed by atoms with Gasteiger partial charge in [0, 0.05) is 12.6 Å². The molecule has 1 unspecified atom stereocenters. The van der Waals surface area contributed by atoms with Crippen LogP contribution < -0.4 is 0 Å². The van der Waals surface area contributed by atoms with E-state index in [1.54, 1.807) is 0 Å². The van der Waals surface area contributed by atoms with Gasteiger partial charge < -0.3 is 15.1 Å². The number of carboxylic acid groups (broad SMARTS) is 2. The first kappa shape index (κ1) is 9.83. The average molecular weight is 187 g/mol. The van der Waals surface area contributed by atoms with Crippen molar-refractivity contribution in [3.8, 4) is 0 Å². The fraction of sp³-hybridized carbons (Fsp3) is 0.750. The van der Waals surface area contributed by atoms with Crippen LogP contribution in [0.1, 0.15) is 25.7 Å². The van der Waals surface area contributed by atoms with Gasteiger partial charge in [-0.05, 0) is 19.3 Å². The summed E-state index contributed by atoms with van der Waals surface area (Å²) in [6, 6.07) is -0.330. The van der Waals surface area contributed by atoms with Crippen molar-refractivity contribution in [2.24, 2.45) is 0 Å². The second-order valence-electron chi connectivity index (χ2n) is 3.22. The van der Waals surface area contributed by atoms with E-state index in [-0.39, 0.29) is 12.5 Å². The highest BCUT2D eigenvalue weighted by Gasteiger charge is 2.27. The smallest absolute Gasteiger partial charge is 0.407 e. The summed E-state index contributed by atoms with van der Waals surface area (Å²) in [6.07, 6.45) is 1.33. The molecule has 0 aromatic heterocycles. The van der Waals surface area contributed by atoms with Gasteiger partial charge in [0.25, 0.3) is 0 Å². The highest BCUT2D eigenvalue weighted by Crippen LogP contribution is 2.19. The Labute approximate surface area is 76.0 Å². The van der Waals surface area contributed by atoms with E-state index in [4.69, 9.17) is 10.2 Å². The number of likely N-dealkylation sites (tertiary alicyclic amines) is 1. The first-order valence-corrected chi connectivity index (χ1v) is 4.32. The van der Waals surface area contributed by atoms with Gasteiger partial charge in [0.15, 0.2) is 0 Å². The Bertz CT molecular complexity index is 216. The third-order valence-electron chi connectivity index (χ3n) is 2.28. The molecule has 0 saturated carbocycles. The monoisotopic (exact) mass is 187 g/mol. The fourth-order valence-corrected chi connectivity index (χ4v) is 1.67. The summed E-state index contributed by atoms with van der Waals surface area (Å²) in [4.78, 5) is 22.3. The van der Waals surface area contributed by atoms with Gasteiger partial charge in [-0.2, -0.15) is 0 Å². The Hall–Kier alpha value is -1.26. The molecule has 0 spiro atoms. The zero-order valence-corrected chi connectivity index (χ0v) is 7.27. The van der Waals surface area contributed by atoms with Crippen LogP contribution in [0, 0.1) is 0 Å². The van der Waals surface area contributed by atoms with Gasteiger partial charge in [0.1, 0.15) is 0 Å². The number of amides is 1. The average Bonchev–Trinajstić information content (AvgIpc) is 2.03. The molecule has 1 fully saturated rings. The molecular formula is C8H13NO4. The minimum Gasteiger partial charge on any atom is -0.481 e. The third-order valence-corrected chi connectivity index (χ3v) is 2.28. The topological polar surface area (TPSA) is 77.8 Å². The second kappa shape index (κ2) is 4.11. The summed E-state index contributed by atoms with van der Waals surface area (Å²) in [6.45, 7) is 0.466. The van der Waals surface area contributed by atoms with Crippen molar-refractivity contribution in [2.75, 3.05) is 6.54 Å². The number of nitrogens with zero attached hydrogens (tertiary/aromatic N) is 1. The number of hydrogen-bond acceptors (Lipinski definition) is 2. The molecule has 5 nitrogen and oxygen atoms in total. The maximum Gasteiger partial charge on any atom is 0.407 e. The van der Waals surface area contributed by atoms with E-state index >= 15 is 0 Å². The summed E-state index contributed by atoms with van der Waals surface area (Å²) in [5, 5.41) is 17.3. The summed E-state index contributed by atoms with van der Waals surface area (Å²) in [7, 11) is 0. The molecule has 1 atom stereocenters. The highest BCUT2D eigenvalue weighted by molar-refractivity contribution is 5.70. The van der Waals surface area contributed by atoms with Crippen molar-refractivity contribution >= 4 is 12.1 Å². The lowest BCUT2D eigenvalue weighted by Crippen LogP contribution is -2.43. The van der Waals surface area contributed by atoms with Gasteiger partial charge in [0.05, 0.1) is 6.42 Å². The minimum absolute atomic E-state index is 0.0771. The Morgan fingerprint density at radius 3 is 2.54 bits per heavy atom. The van der Waals surface area contributed by atoms with Gasteiger partial charge in [0.2, 0.25) is 0 Å². The summed E-state index contributed by atoms with van der Waals surface area (Å²) < 4.78 is 0. The van der Waals surface area contributed by atoms with Crippen molar-refractivity contribution < 1.29 is 19.8 Å². The van der Waals surface area contributed by atoms with Crippen LogP contribution >= 0.6 is 0 Å². The maximum atomic E-state index is 10.7. The lowest BCUT2D eigenvalue weighted by Gasteiger charge is -2.32. The molecular weight excluding hydrogens is 174 g/mol. The number of carbonyl (C=O) groups is 2. The van der Waals surface area contributed by atoms with Gasteiger partial charge >= 0.3 is 12.1 Å². The molecule has 1 heterocycles. The molecule has 0 radical (unpaired) electrons. The van der Waals surface area contributed by atoms with Crippen molar-refractivity contribution in [3.63, 3.8) is 0 Å². The summed E-state index contributed by atoms with van der Waals surface area (Å²) in [5.41, 5.74) is 0. The summed E-state index contributed by atoms with van der Waals surface area (Å²) >= 11 is 0. The number of piperidine rings is 1. The van der Waals surface area contributed by atoms with Crippen LogP contribution in [0.2, 0.25) is 0 Å². The Balaban J connectivity index is 2.56. The lowest BCUT2D eigenvalue weighted by molar-refractivity contribution is -0.138. The lowest BCUT2D eigenvalue weighted by atomic mass is 10.0. The maximum absolute atomic E-state index is 10.7. The number of carboxylic acids is 1. The molecule has 0 bridgehead atoms. The van der Waals surface area contributed by atoms with Crippen LogP contribution in [0.15, 0.2) is 0 Å². The second-order valence-corrected chi connectivity index (χ2v) is 3.22. The molecule has 0 aromatic carbocycles. The van der Waals surface area contributed by atoms with Crippen LogP contribution in [0.5, 0.6) is 0 Å². The van der Waals surface area contributed by atoms with Crippen molar-refractivity contribution in [1.29, 1.82) is 0 Å². The predicted molar refractivity (Wildman–Crippen MR) is 44.6 cm³/mol. The first-order valence-electron chi connectivity index (χ1n) is 4.32. The normalized spacial score (nSPS) is 22.8. The van der Waals surface area contributed by atoms with Crippen LogP contribution in [-0.2, 0) is 4.79 Å². The molecule has 1 saturated heterocycles. The van der Waals surface area contributed by atoms with E-state index in [0.717, 1.165) is 12.8 Å². The quantitative estimate of drug-likeness (QED) is 0.675. The zero-order valence-electron chi connectivity index (χ0n) is 7.27. The minimum atomic E-state index is -1.01. The van der Waals surface area contributed by atoms with Gasteiger partial charge in [-0.1, -0.05) is 0 Å². The number of rotatable bonds is 2. The molecule has 2 N–H and O–H groups in total. The van der Waals surface area contributed by atoms with Gasteiger partial charge in [-0.25, -0.2) is 4.79 Å². The van der Waals surface area contributed by atoms with Crippen molar-refractivity contribution in [2.45, 2.75) is 31.7 Å². The van der Waals surface area contributed by atoms with Gasteiger partial charge in [-0.15, -0.1) is 0 Å². The molecule has 0 aromatic rings. The van der Waals surface area contributed by atoms with E-state index in [0.29, 0.717) is 13.0 Å². The van der Waals surface area contributed by atoms with Crippen molar-refractivity contribution in [1.82, 2.24) is 4.90 Å². The molecule has 1 aliphatic heterocycles. The first-order chi connectivity index (χ1) is 6.11. The predicted octanol–water partition coefficient (Wildman–Crippen LogP) is 0.994. The van der Waals surface area contributed by atoms with Crippen LogP contribution in [-0.4, -0.2) is 39.8 Å². The summed E-state index contributed by atoms with van der Waals surface area (Å²) in [5.74, 6) is -0.932. The Morgan fingerprint density at radius 2 is 2.00 bits per heavy atom. The van der Waals surface area contributed by atoms with E-state index in [2.05, 4.69) is 0 Å². The highest BCUT2D eigenvalue weighted by atomic mass is 16.4. The molecule has 13 heavy (non-hydrogen) atoms. The largest absolute Gasteiger partial charge is 0.481 e. The van der Waals surface area contributed by atoms with Gasteiger partial charge in [-0.3, -0.25) is 4.79 Å². The van der Waals surface area contributed by atoms with E-state index < -0.39 is 12.1 Å². The molecule has 1 rings (SSSR count). The molecule has 1 amide bonds. The van der Waals surface area contributed by atoms with E-state index in [9.17, 15) is 9.59 Å². The fourth-order valence-electron chi connectivity index (χ4n) is 1.67. The molecule has 74 valence electrons. The number of aliphatic carboxylic acids is 1. The van der Waals surface area contributed by atoms with Crippen LogP contribution in [0.3, 0.4) is 0 Å². The van der Waals surface area contributed by atoms with Crippen LogP contribution in [0.4, 0.5) is 4.79 Å². The zero-order chi connectivity index (χ0) is 9.84. The van der Waals surface area contributed by atoms with Crippen LogP contribution in [0.25, 0.3) is 0 Å². The Kier molecular flexibility index (Phi) is 3.11. The Morgan fingerprint density at radius 1 is 1.31 bits per heavy atom. The number of hydrogen-bond donors (Lipinski definition) is 2. The third kappa shape index (κ3) is 2.61. The SMILES string of the molecule is O=C(O)CC1CCCCN1C(=O)O. The standard InChI is InChI=1S/C8H13NO4/c10-7(11)5-6-3-1-2-4-9(6)8(12)13/h6H,1-5H2,(H,10,11)(H,12,13).